The lowest BCUT2D eigenvalue weighted by Gasteiger charge is -2.34. The van der Waals surface area contributed by atoms with Crippen molar-refractivity contribution in [2.45, 2.75) is 31.5 Å². The molecule has 1 fully saturated rings. The monoisotopic (exact) mass is 217 g/mol. The molecule has 2 unspecified atom stereocenters. The van der Waals surface area contributed by atoms with Gasteiger partial charge in [-0.15, -0.1) is 0 Å². The maximum atomic E-state index is 11.2. The molecule has 0 amide bonds. The second-order valence-corrected chi connectivity index (χ2v) is 4.30. The number of hydrogen-bond acceptors (Lipinski definition) is 5. The Morgan fingerprint density at radius 3 is 2.87 bits per heavy atom. The lowest BCUT2D eigenvalue weighted by atomic mass is 10.0. The number of β-amino-alcohol motifs (C(OH)–C–C–N with tert-alkyl or cyclic N) is 2. The number of carbonyl (C=O) groups excluding carboxylic acids is 1. The van der Waals surface area contributed by atoms with Gasteiger partial charge in [-0.25, -0.2) is 4.79 Å². The molecule has 0 aliphatic carbocycles. The van der Waals surface area contributed by atoms with Crippen molar-refractivity contribution in [1.29, 1.82) is 0 Å². The molecule has 2 N–H and O–H groups in total. The third-order valence-corrected chi connectivity index (χ3v) is 2.64. The Hall–Kier alpha value is -0.650. The fourth-order valence-electron chi connectivity index (χ4n) is 1.89. The van der Waals surface area contributed by atoms with Crippen molar-refractivity contribution < 1.29 is 19.7 Å². The normalized spacial score (nSPS) is 27.1. The van der Waals surface area contributed by atoms with Crippen molar-refractivity contribution >= 4 is 5.97 Å². The molecular formula is C10H19NO4. The van der Waals surface area contributed by atoms with E-state index < -0.39 is 11.6 Å². The van der Waals surface area contributed by atoms with E-state index in [4.69, 9.17) is 0 Å². The molecule has 5 heteroatoms. The highest BCUT2D eigenvalue weighted by Crippen LogP contribution is 2.14. The van der Waals surface area contributed by atoms with Gasteiger partial charge in [-0.05, 0) is 26.3 Å². The molecule has 0 saturated carbocycles. The zero-order valence-corrected chi connectivity index (χ0v) is 9.27. The Labute approximate surface area is 89.6 Å². The van der Waals surface area contributed by atoms with Crippen LogP contribution < -0.4 is 0 Å². The van der Waals surface area contributed by atoms with Crippen molar-refractivity contribution in [3.05, 3.63) is 0 Å². The first kappa shape index (κ1) is 12.4. The molecule has 88 valence electrons. The molecule has 0 aromatic carbocycles. The molecule has 1 saturated heterocycles. The van der Waals surface area contributed by atoms with E-state index in [1.54, 1.807) is 0 Å². The van der Waals surface area contributed by atoms with Crippen LogP contribution in [0.4, 0.5) is 0 Å². The van der Waals surface area contributed by atoms with Crippen LogP contribution in [0.25, 0.3) is 0 Å². The van der Waals surface area contributed by atoms with Gasteiger partial charge in [-0.3, -0.25) is 4.90 Å². The first-order valence-electron chi connectivity index (χ1n) is 5.17. The van der Waals surface area contributed by atoms with Crippen LogP contribution in [0, 0.1) is 0 Å². The van der Waals surface area contributed by atoms with E-state index in [0.29, 0.717) is 6.54 Å². The van der Waals surface area contributed by atoms with Crippen LogP contribution in [0.3, 0.4) is 0 Å². The Balaban J connectivity index is 2.49. The predicted molar refractivity (Wildman–Crippen MR) is 54.3 cm³/mol. The number of nitrogens with zero attached hydrogens (tertiary/aromatic N) is 1. The van der Waals surface area contributed by atoms with Crippen molar-refractivity contribution in [3.8, 4) is 0 Å². The second-order valence-electron chi connectivity index (χ2n) is 4.30. The number of aliphatic hydroxyl groups excluding tert-OH is 1. The van der Waals surface area contributed by atoms with E-state index in [1.165, 1.54) is 14.0 Å². The lowest BCUT2D eigenvalue weighted by Crippen LogP contribution is -2.50. The standard InChI is InChI=1S/C10H19NO4/c1-10(14,9(13)15-2)7-11-5-3-4-8(12)6-11/h8,12,14H,3-7H2,1-2H3. The van der Waals surface area contributed by atoms with Gasteiger partial charge in [0.15, 0.2) is 5.60 Å². The number of esters is 1. The van der Waals surface area contributed by atoms with Crippen molar-refractivity contribution in [2.75, 3.05) is 26.7 Å². The predicted octanol–water partition coefficient (Wildman–Crippen LogP) is -0.633. The number of aliphatic hydroxyl groups is 2. The fraction of sp³-hybridized carbons (Fsp3) is 0.900. The van der Waals surface area contributed by atoms with Gasteiger partial charge < -0.3 is 14.9 Å². The van der Waals surface area contributed by atoms with Crippen LogP contribution in [0.1, 0.15) is 19.8 Å². The van der Waals surface area contributed by atoms with Crippen LogP contribution in [-0.4, -0.2) is 59.5 Å². The van der Waals surface area contributed by atoms with Crippen LogP contribution in [0.2, 0.25) is 0 Å². The SMILES string of the molecule is COC(=O)C(C)(O)CN1CCCC(O)C1. The highest BCUT2D eigenvalue weighted by atomic mass is 16.5. The van der Waals surface area contributed by atoms with Crippen LogP contribution in [-0.2, 0) is 9.53 Å². The summed E-state index contributed by atoms with van der Waals surface area (Å²) in [6.07, 6.45) is 1.32. The van der Waals surface area contributed by atoms with Gasteiger partial charge in [0.05, 0.1) is 13.2 Å². The average Bonchev–Trinajstić information content (AvgIpc) is 2.15. The molecular weight excluding hydrogens is 198 g/mol. The summed E-state index contributed by atoms with van der Waals surface area (Å²) in [5.41, 5.74) is -1.49. The molecule has 1 rings (SSSR count). The number of hydrogen-bond donors (Lipinski definition) is 2. The summed E-state index contributed by atoms with van der Waals surface area (Å²) in [5, 5.41) is 19.3. The lowest BCUT2D eigenvalue weighted by molar-refractivity contribution is -0.163. The van der Waals surface area contributed by atoms with Crippen LogP contribution >= 0.6 is 0 Å². The molecule has 15 heavy (non-hydrogen) atoms. The first-order chi connectivity index (χ1) is 6.95. The molecule has 0 spiro atoms. The molecule has 0 aromatic heterocycles. The Bertz CT molecular complexity index is 229. The molecule has 1 heterocycles. The maximum Gasteiger partial charge on any atom is 0.338 e. The summed E-state index contributed by atoms with van der Waals surface area (Å²) >= 11 is 0. The van der Waals surface area contributed by atoms with Crippen molar-refractivity contribution in [2.24, 2.45) is 0 Å². The highest BCUT2D eigenvalue weighted by molar-refractivity contribution is 5.78. The minimum absolute atomic E-state index is 0.205. The largest absolute Gasteiger partial charge is 0.467 e. The molecule has 2 atom stereocenters. The second kappa shape index (κ2) is 4.92. The highest BCUT2D eigenvalue weighted by Gasteiger charge is 2.34. The molecule has 0 radical (unpaired) electrons. The number of carbonyl (C=O) groups is 1. The van der Waals surface area contributed by atoms with E-state index in [-0.39, 0.29) is 12.6 Å². The molecule has 1 aliphatic rings. The smallest absolute Gasteiger partial charge is 0.338 e. The summed E-state index contributed by atoms with van der Waals surface area (Å²) in [4.78, 5) is 13.1. The molecule has 0 aromatic rings. The Morgan fingerprint density at radius 2 is 2.33 bits per heavy atom. The molecule has 5 nitrogen and oxygen atoms in total. The number of likely N-dealkylation sites (tertiary alicyclic amines) is 1. The summed E-state index contributed by atoms with van der Waals surface area (Å²) in [6, 6.07) is 0. The van der Waals surface area contributed by atoms with Gasteiger partial charge in [0, 0.05) is 13.1 Å². The number of piperidine rings is 1. The fourth-order valence-corrected chi connectivity index (χ4v) is 1.89. The zero-order chi connectivity index (χ0) is 11.5. The van der Waals surface area contributed by atoms with Gasteiger partial charge in [0.25, 0.3) is 0 Å². The number of rotatable bonds is 3. The topological polar surface area (TPSA) is 70.0 Å². The Morgan fingerprint density at radius 1 is 1.67 bits per heavy atom. The van der Waals surface area contributed by atoms with Gasteiger partial charge in [0.2, 0.25) is 0 Å². The number of ether oxygens (including phenoxy) is 1. The van der Waals surface area contributed by atoms with Crippen molar-refractivity contribution in [1.82, 2.24) is 4.90 Å². The third kappa shape index (κ3) is 3.44. The van der Waals surface area contributed by atoms with Gasteiger partial charge in [0.1, 0.15) is 0 Å². The van der Waals surface area contributed by atoms with Crippen molar-refractivity contribution in [3.63, 3.8) is 0 Å². The first-order valence-corrected chi connectivity index (χ1v) is 5.17. The maximum absolute atomic E-state index is 11.2. The van der Waals surface area contributed by atoms with Crippen LogP contribution in [0.5, 0.6) is 0 Å². The summed E-state index contributed by atoms with van der Waals surface area (Å²) in [7, 11) is 1.25. The summed E-state index contributed by atoms with van der Waals surface area (Å²) < 4.78 is 4.51. The quantitative estimate of drug-likeness (QED) is 0.616. The van der Waals surface area contributed by atoms with Gasteiger partial charge >= 0.3 is 5.97 Å². The average molecular weight is 217 g/mol. The summed E-state index contributed by atoms with van der Waals surface area (Å²) in [5.74, 6) is -0.637. The Kier molecular flexibility index (Phi) is 4.07. The number of methoxy groups -OCH3 is 1. The van der Waals surface area contributed by atoms with Gasteiger partial charge in [-0.2, -0.15) is 0 Å². The van der Waals surface area contributed by atoms with E-state index in [9.17, 15) is 15.0 Å². The van der Waals surface area contributed by atoms with Gasteiger partial charge in [-0.1, -0.05) is 0 Å². The molecule has 1 aliphatic heterocycles. The minimum Gasteiger partial charge on any atom is -0.467 e. The van der Waals surface area contributed by atoms with E-state index in [2.05, 4.69) is 4.74 Å². The third-order valence-electron chi connectivity index (χ3n) is 2.64. The van der Waals surface area contributed by atoms with E-state index in [0.717, 1.165) is 19.4 Å². The zero-order valence-electron chi connectivity index (χ0n) is 9.27. The summed E-state index contributed by atoms with van der Waals surface area (Å²) in [6.45, 7) is 2.94. The van der Waals surface area contributed by atoms with Crippen LogP contribution in [0.15, 0.2) is 0 Å². The minimum atomic E-state index is -1.49. The molecule has 0 bridgehead atoms. The van der Waals surface area contributed by atoms with E-state index in [1.807, 2.05) is 4.90 Å². The van der Waals surface area contributed by atoms with E-state index >= 15 is 0 Å².